The molecule has 0 aromatic carbocycles. The van der Waals surface area contributed by atoms with Crippen molar-refractivity contribution >= 4 is 46.5 Å². The van der Waals surface area contributed by atoms with Gasteiger partial charge in [0.15, 0.2) is 17.8 Å². The first kappa shape index (κ1) is 26.6. The lowest BCUT2D eigenvalue weighted by molar-refractivity contribution is -0.238. The van der Waals surface area contributed by atoms with E-state index in [1.807, 2.05) is 6.92 Å². The first-order chi connectivity index (χ1) is 18.0. The fourth-order valence-electron chi connectivity index (χ4n) is 8.59. The zero-order chi connectivity index (χ0) is 27.4. The van der Waals surface area contributed by atoms with Crippen molar-refractivity contribution in [3.63, 3.8) is 0 Å². The van der Waals surface area contributed by atoms with Gasteiger partial charge in [0, 0.05) is 3.92 Å². The third kappa shape index (κ3) is 2.61. The molecule has 14 heteroatoms. The Balaban J connectivity index is 1.51. The zero-order valence-corrected chi connectivity index (χ0v) is 22.8. The highest BCUT2D eigenvalue weighted by molar-refractivity contribution is 14.1. The van der Waals surface area contributed by atoms with Crippen LogP contribution in [0.3, 0.4) is 0 Å². The van der Waals surface area contributed by atoms with Crippen LogP contribution in [-0.2, 0) is 47.6 Å². The summed E-state index contributed by atoms with van der Waals surface area (Å²) < 4.78 is 34.3. The van der Waals surface area contributed by atoms with Crippen molar-refractivity contribution in [2.45, 2.75) is 78.9 Å². The van der Waals surface area contributed by atoms with Crippen LogP contribution in [0.15, 0.2) is 0 Å². The van der Waals surface area contributed by atoms with Crippen molar-refractivity contribution in [3.05, 3.63) is 0 Å². The Hall–Kier alpha value is -1.59. The average molecular weight is 652 g/mol. The minimum Gasteiger partial charge on any atom is -0.480 e. The molecule has 3 N–H and O–H groups in total. The number of aliphatic hydroxyl groups is 2. The molecule has 0 bridgehead atoms. The van der Waals surface area contributed by atoms with E-state index in [9.17, 15) is 29.4 Å². The molecule has 4 unspecified atom stereocenters. The number of ether oxygens (including phenoxy) is 6. The van der Waals surface area contributed by atoms with Crippen LogP contribution in [0.4, 0.5) is 0 Å². The summed E-state index contributed by atoms with van der Waals surface area (Å²) in [6.45, 7) is 2.51. The highest BCUT2D eigenvalue weighted by atomic mass is 127. The predicted octanol–water partition coefficient (Wildman–Crippen LogP) is -0.686. The van der Waals surface area contributed by atoms with E-state index in [-0.39, 0.29) is 23.6 Å². The number of fused-ring (bicyclic) bond motifs is 1. The average Bonchev–Trinajstić information content (AvgIpc) is 3.57. The van der Waals surface area contributed by atoms with E-state index in [0.29, 0.717) is 0 Å². The fourth-order valence-corrected chi connectivity index (χ4v) is 10.1. The zero-order valence-electron chi connectivity index (χ0n) is 20.7. The van der Waals surface area contributed by atoms with Crippen molar-refractivity contribution in [2.24, 2.45) is 22.7 Å². The number of rotatable bonds is 9. The molecule has 2 aliphatic carbocycles. The predicted molar refractivity (Wildman–Crippen MR) is 127 cm³/mol. The molecule has 6 aliphatic rings. The summed E-state index contributed by atoms with van der Waals surface area (Å²) in [6, 6.07) is 0. The highest BCUT2D eigenvalue weighted by Crippen LogP contribution is 2.84. The number of carboxylic acids is 1. The number of hydrogen-bond acceptors (Lipinski definition) is 12. The summed E-state index contributed by atoms with van der Waals surface area (Å²) >= 11 is 2.27. The van der Waals surface area contributed by atoms with E-state index in [1.54, 1.807) is 0 Å². The molecule has 0 amide bonds. The van der Waals surface area contributed by atoms with Crippen LogP contribution in [0.5, 0.6) is 0 Å². The van der Waals surface area contributed by atoms with Gasteiger partial charge in [0.05, 0.1) is 30.0 Å². The quantitative estimate of drug-likeness (QED) is 0.0937. The molecule has 13 nitrogen and oxygen atoms in total. The van der Waals surface area contributed by atoms with E-state index in [4.69, 9.17) is 33.5 Å². The van der Waals surface area contributed by atoms with Crippen LogP contribution in [0.2, 0.25) is 0 Å². The Kier molecular flexibility index (Phi) is 5.93. The van der Waals surface area contributed by atoms with Crippen LogP contribution >= 0.6 is 22.6 Å². The molecule has 2 saturated carbocycles. The first-order valence-corrected chi connectivity index (χ1v) is 14.0. The van der Waals surface area contributed by atoms with Crippen molar-refractivity contribution in [3.8, 4) is 0 Å². The van der Waals surface area contributed by atoms with Crippen LogP contribution in [0, 0.1) is 22.7 Å². The van der Waals surface area contributed by atoms with Crippen molar-refractivity contribution in [1.82, 2.24) is 0 Å². The van der Waals surface area contributed by atoms with Crippen molar-refractivity contribution < 1.29 is 62.9 Å². The van der Waals surface area contributed by atoms with Gasteiger partial charge >= 0.3 is 23.9 Å². The van der Waals surface area contributed by atoms with E-state index < -0.39 is 95.1 Å². The minimum absolute atomic E-state index is 0.0932. The van der Waals surface area contributed by atoms with E-state index >= 15 is 0 Å². The maximum absolute atomic E-state index is 13.7. The second-order valence-corrected chi connectivity index (χ2v) is 12.6. The summed E-state index contributed by atoms with van der Waals surface area (Å²) in [7, 11) is 0. The van der Waals surface area contributed by atoms with Gasteiger partial charge in [-0.15, -0.1) is 0 Å². The monoisotopic (exact) mass is 652 g/mol. The molecule has 4 saturated heterocycles. The molecule has 4 aliphatic heterocycles. The maximum Gasteiger partial charge on any atom is 0.343 e. The van der Waals surface area contributed by atoms with E-state index in [1.165, 1.54) is 6.92 Å². The van der Waals surface area contributed by atoms with Gasteiger partial charge in [-0.1, -0.05) is 35.9 Å². The summed E-state index contributed by atoms with van der Waals surface area (Å²) in [5.74, 6) is -5.34. The maximum atomic E-state index is 13.7. The summed E-state index contributed by atoms with van der Waals surface area (Å²) in [5, 5.41) is 33.0. The molecule has 6 rings (SSSR count). The molecular formula is C24H29IO13. The normalized spacial score (nSPS) is 50.2. The largest absolute Gasteiger partial charge is 0.480 e. The molecule has 12 atom stereocenters. The standard InChI is InChI=1S/C24H29IO13/c1-3-4-11(25)10-7-12-22-14(28)15-23(32,9(2)17(29)36-15)24(22,19(31)35-12)38-20-21(10,22)16(18(30)37-20)34-6-5-33-8-13(26)27/h9-12,14-16,20,28,32H,3-8H2,1-2H3,(H,26,27)/t9?,10-,11?,12?,14+,15+,16+,20+,21?,22-,23-,24-/m0/s1. The van der Waals surface area contributed by atoms with Gasteiger partial charge in [0.1, 0.15) is 18.8 Å². The van der Waals surface area contributed by atoms with E-state index in [2.05, 4.69) is 22.6 Å². The molecule has 0 radical (unpaired) electrons. The molecule has 6 fully saturated rings. The number of aliphatic hydroxyl groups excluding tert-OH is 1. The van der Waals surface area contributed by atoms with Crippen LogP contribution in [0.25, 0.3) is 0 Å². The Labute approximate surface area is 230 Å². The second kappa shape index (κ2) is 8.46. The van der Waals surface area contributed by atoms with Gasteiger partial charge in [-0.2, -0.15) is 0 Å². The number of carboxylic acid groups (broad SMARTS) is 1. The Morgan fingerprint density at radius 2 is 1.92 bits per heavy atom. The molecule has 0 aromatic rings. The molecule has 4 heterocycles. The second-order valence-electron chi connectivity index (χ2n) is 11.0. The van der Waals surface area contributed by atoms with Gasteiger partial charge in [-0.05, 0) is 25.7 Å². The van der Waals surface area contributed by atoms with Crippen LogP contribution in [0.1, 0.15) is 33.1 Å². The number of carbonyl (C=O) groups is 4. The molecule has 0 aromatic heterocycles. The van der Waals surface area contributed by atoms with Gasteiger partial charge in [0.25, 0.3) is 0 Å². The topological polar surface area (TPSA) is 184 Å². The number of carbonyl (C=O) groups excluding carboxylic acids is 3. The van der Waals surface area contributed by atoms with Crippen molar-refractivity contribution in [1.29, 1.82) is 0 Å². The smallest absolute Gasteiger partial charge is 0.343 e. The number of alkyl halides is 1. The minimum atomic E-state index is -2.28. The number of halogens is 1. The van der Waals surface area contributed by atoms with E-state index in [0.717, 1.165) is 12.8 Å². The SMILES string of the molecule is CCCC(I)[C@@H]1CC2OC(=O)[C@]34O[C@H]5OC(=O)[C@@H](OCCOCC(=O)O)C51[C@@]23[C@H](O)[C@H]1OC(=O)C(C)[C@]14O. The molecular weight excluding hydrogens is 623 g/mol. The molecule has 38 heavy (non-hydrogen) atoms. The third-order valence-corrected chi connectivity index (χ3v) is 11.2. The van der Waals surface area contributed by atoms with Gasteiger partial charge < -0.3 is 43.7 Å². The van der Waals surface area contributed by atoms with Gasteiger partial charge in [-0.3, -0.25) is 4.79 Å². The number of aliphatic carboxylic acids is 1. The summed E-state index contributed by atoms with van der Waals surface area (Å²) in [4.78, 5) is 50.5. The first-order valence-electron chi connectivity index (χ1n) is 12.7. The van der Waals surface area contributed by atoms with Crippen LogP contribution in [-0.4, -0.2) is 105 Å². The highest BCUT2D eigenvalue weighted by Gasteiger charge is 3.03. The molecule has 2 spiro atoms. The van der Waals surface area contributed by atoms with Gasteiger partial charge in [0.2, 0.25) is 11.9 Å². The number of esters is 3. The van der Waals surface area contributed by atoms with Crippen LogP contribution < -0.4 is 0 Å². The lowest BCUT2D eigenvalue weighted by Crippen LogP contribution is -2.67. The lowest BCUT2D eigenvalue weighted by atomic mass is 9.53. The summed E-state index contributed by atoms with van der Waals surface area (Å²) in [5.41, 5.74) is -7.74. The van der Waals surface area contributed by atoms with Crippen molar-refractivity contribution in [2.75, 3.05) is 19.8 Å². The van der Waals surface area contributed by atoms with Gasteiger partial charge in [-0.25, -0.2) is 14.4 Å². The Morgan fingerprint density at radius 1 is 1.18 bits per heavy atom. The fraction of sp³-hybridized carbons (Fsp3) is 0.833. The Morgan fingerprint density at radius 3 is 2.61 bits per heavy atom. The molecule has 210 valence electrons. The number of hydrogen-bond donors (Lipinski definition) is 3. The Bertz CT molecular complexity index is 1100. The lowest BCUT2D eigenvalue weighted by Gasteiger charge is -2.46. The third-order valence-electron chi connectivity index (χ3n) is 9.72. The summed E-state index contributed by atoms with van der Waals surface area (Å²) in [6.07, 6.45) is -5.06.